The Balaban J connectivity index is 1.13. The average molecular weight is 610 g/mol. The van der Waals surface area contributed by atoms with Crippen LogP contribution in [0.3, 0.4) is 0 Å². The number of dihydropyridines is 1. The monoisotopic (exact) mass is 609 g/mol. The number of aliphatic imine (C=N–C) groups is 1. The maximum atomic E-state index is 5.16. The van der Waals surface area contributed by atoms with E-state index in [1.807, 2.05) is 0 Å². The Morgan fingerprint density at radius 3 is 2.51 bits per heavy atom. The van der Waals surface area contributed by atoms with Crippen molar-refractivity contribution in [2.75, 3.05) is 6.54 Å². The normalized spacial score (nSPS) is 20.3. The number of hydrogen-bond acceptors (Lipinski definition) is 3. The van der Waals surface area contributed by atoms with Gasteiger partial charge in [0, 0.05) is 29.7 Å². The summed E-state index contributed by atoms with van der Waals surface area (Å²) in [6.45, 7) is 5.67. The Hall–Kier alpha value is -4.89. The predicted octanol–water partition coefficient (Wildman–Crippen LogP) is 10.6. The van der Waals surface area contributed by atoms with Crippen LogP contribution in [0.4, 0.5) is 0 Å². The Morgan fingerprint density at radius 1 is 0.766 bits per heavy atom. The van der Waals surface area contributed by atoms with E-state index >= 15 is 0 Å². The number of aromatic nitrogens is 2. The largest absolute Gasteiger partial charge is 0.293 e. The third-order valence-electron chi connectivity index (χ3n) is 10.9. The van der Waals surface area contributed by atoms with Crippen LogP contribution >= 0.6 is 0 Å². The average Bonchev–Trinajstić information content (AvgIpc) is 3.14. The van der Waals surface area contributed by atoms with Gasteiger partial charge in [-0.05, 0) is 112 Å². The Labute approximate surface area is 277 Å². The SMILES string of the molecule is CC1(C)C2=C(CCN=C2)C2Cc3ccc(-c4cccc(-c5nc(C6=CCCC=C6)cc(C6=CC=CCC6)n5)c4)cc3-c3cccc1c32. The van der Waals surface area contributed by atoms with Crippen molar-refractivity contribution in [3.05, 3.63) is 142 Å². The maximum Gasteiger partial charge on any atom is 0.160 e. The molecule has 0 saturated heterocycles. The summed E-state index contributed by atoms with van der Waals surface area (Å²) >= 11 is 0. The van der Waals surface area contributed by atoms with E-state index in [0.29, 0.717) is 5.92 Å². The molecule has 0 bridgehead atoms. The minimum Gasteiger partial charge on any atom is -0.293 e. The van der Waals surface area contributed by atoms with E-state index in [0.717, 1.165) is 67.8 Å². The zero-order valence-corrected chi connectivity index (χ0v) is 27.3. The third-order valence-corrected chi connectivity index (χ3v) is 10.9. The highest BCUT2D eigenvalue weighted by Crippen LogP contribution is 2.54. The molecule has 1 aliphatic heterocycles. The zero-order chi connectivity index (χ0) is 31.5. The van der Waals surface area contributed by atoms with Crippen LogP contribution in [-0.4, -0.2) is 22.7 Å². The molecule has 0 radical (unpaired) electrons. The molecular formula is C44H39N3. The van der Waals surface area contributed by atoms with E-state index in [1.165, 1.54) is 50.1 Å². The highest BCUT2D eigenvalue weighted by molar-refractivity contribution is 5.90. The fraction of sp³-hybridized carbons (Fsp3) is 0.250. The predicted molar refractivity (Wildman–Crippen MR) is 196 cm³/mol. The number of nitrogens with zero attached hydrogens (tertiary/aromatic N) is 3. The van der Waals surface area contributed by atoms with Gasteiger partial charge in [0.2, 0.25) is 0 Å². The summed E-state index contributed by atoms with van der Waals surface area (Å²) in [5.41, 5.74) is 18.2. The van der Waals surface area contributed by atoms with Crippen molar-refractivity contribution in [1.82, 2.24) is 9.97 Å². The number of benzene rings is 3. The van der Waals surface area contributed by atoms with Gasteiger partial charge in [0.15, 0.2) is 5.82 Å². The Bertz CT molecular complexity index is 2150. The molecule has 5 aliphatic rings. The fourth-order valence-corrected chi connectivity index (χ4v) is 8.50. The summed E-state index contributed by atoms with van der Waals surface area (Å²) in [6.07, 6.45) is 21.9. The van der Waals surface area contributed by atoms with Crippen molar-refractivity contribution >= 4 is 17.4 Å². The van der Waals surface area contributed by atoms with Crippen molar-refractivity contribution in [3.8, 4) is 33.6 Å². The molecule has 4 aliphatic carbocycles. The molecule has 3 heteroatoms. The van der Waals surface area contributed by atoms with E-state index in [-0.39, 0.29) is 5.41 Å². The van der Waals surface area contributed by atoms with Crippen LogP contribution < -0.4 is 0 Å². The van der Waals surface area contributed by atoms with Crippen LogP contribution in [0.15, 0.2) is 119 Å². The van der Waals surface area contributed by atoms with Gasteiger partial charge in [0.25, 0.3) is 0 Å². The smallest absolute Gasteiger partial charge is 0.160 e. The van der Waals surface area contributed by atoms with Crippen LogP contribution in [-0.2, 0) is 11.8 Å². The second-order valence-electron chi connectivity index (χ2n) is 14.1. The van der Waals surface area contributed by atoms with Crippen molar-refractivity contribution in [1.29, 1.82) is 0 Å². The van der Waals surface area contributed by atoms with Crippen LogP contribution in [0.5, 0.6) is 0 Å². The summed E-state index contributed by atoms with van der Waals surface area (Å²) in [4.78, 5) is 15.0. The topological polar surface area (TPSA) is 38.1 Å². The lowest BCUT2D eigenvalue weighted by Gasteiger charge is -2.44. The summed E-state index contributed by atoms with van der Waals surface area (Å²) in [6, 6.07) is 25.1. The van der Waals surface area contributed by atoms with E-state index in [2.05, 4.69) is 123 Å². The third kappa shape index (κ3) is 4.75. The van der Waals surface area contributed by atoms with Gasteiger partial charge in [-0.15, -0.1) is 0 Å². The second-order valence-corrected chi connectivity index (χ2v) is 14.1. The first-order valence-electron chi connectivity index (χ1n) is 17.3. The van der Waals surface area contributed by atoms with Crippen LogP contribution in [0, 0.1) is 0 Å². The lowest BCUT2D eigenvalue weighted by molar-refractivity contribution is 0.563. The van der Waals surface area contributed by atoms with Gasteiger partial charge < -0.3 is 0 Å². The summed E-state index contributed by atoms with van der Waals surface area (Å²) in [5, 5.41) is 0. The van der Waals surface area contributed by atoms with Crippen molar-refractivity contribution in [2.45, 2.75) is 63.7 Å². The first-order chi connectivity index (χ1) is 23.0. The van der Waals surface area contributed by atoms with Gasteiger partial charge in [-0.25, -0.2) is 9.97 Å². The van der Waals surface area contributed by atoms with Crippen molar-refractivity contribution < 1.29 is 0 Å². The Morgan fingerprint density at radius 2 is 1.64 bits per heavy atom. The molecule has 47 heavy (non-hydrogen) atoms. The van der Waals surface area contributed by atoms with Crippen molar-refractivity contribution in [2.24, 2.45) is 4.99 Å². The highest BCUT2D eigenvalue weighted by Gasteiger charge is 2.42. The first kappa shape index (κ1) is 28.3. The van der Waals surface area contributed by atoms with Crippen LogP contribution in [0.2, 0.25) is 0 Å². The lowest BCUT2D eigenvalue weighted by Crippen LogP contribution is -2.34. The van der Waals surface area contributed by atoms with E-state index in [4.69, 9.17) is 15.0 Å². The lowest BCUT2D eigenvalue weighted by atomic mass is 9.60. The van der Waals surface area contributed by atoms with Gasteiger partial charge >= 0.3 is 0 Å². The van der Waals surface area contributed by atoms with E-state index in [9.17, 15) is 0 Å². The molecule has 2 heterocycles. The molecule has 0 saturated carbocycles. The minimum atomic E-state index is -0.0364. The first-order valence-corrected chi connectivity index (χ1v) is 17.3. The van der Waals surface area contributed by atoms with Crippen molar-refractivity contribution in [3.63, 3.8) is 0 Å². The van der Waals surface area contributed by atoms with Gasteiger partial charge in [0.1, 0.15) is 0 Å². The molecule has 0 fully saturated rings. The summed E-state index contributed by atoms with van der Waals surface area (Å²) < 4.78 is 0. The molecular weight excluding hydrogens is 571 g/mol. The minimum absolute atomic E-state index is 0.0364. The highest BCUT2D eigenvalue weighted by atomic mass is 14.9. The van der Waals surface area contributed by atoms with Gasteiger partial charge in [-0.3, -0.25) is 4.99 Å². The number of fused-ring (bicyclic) bond motifs is 3. The summed E-state index contributed by atoms with van der Waals surface area (Å²) in [5.74, 6) is 1.23. The molecule has 1 atom stereocenters. The zero-order valence-electron chi connectivity index (χ0n) is 27.3. The van der Waals surface area contributed by atoms with Gasteiger partial charge in [-0.1, -0.05) is 104 Å². The fourth-order valence-electron chi connectivity index (χ4n) is 8.50. The molecule has 3 aromatic carbocycles. The molecule has 9 rings (SSSR count). The molecule has 4 aromatic rings. The van der Waals surface area contributed by atoms with Gasteiger partial charge in [0.05, 0.1) is 11.4 Å². The van der Waals surface area contributed by atoms with E-state index in [1.54, 1.807) is 11.1 Å². The second kappa shape index (κ2) is 11.1. The molecule has 0 amide bonds. The molecule has 0 spiro atoms. The van der Waals surface area contributed by atoms with Gasteiger partial charge in [-0.2, -0.15) is 0 Å². The Kier molecular flexibility index (Phi) is 6.71. The number of rotatable bonds is 4. The maximum absolute atomic E-state index is 5.16. The standard InChI is InChI=1S/C44H39N3/c1-44(2)38-18-10-17-35-36-24-31(19-20-32(36)25-37(42(35)38)34-21-22-45-27-39(34)44)30-15-9-16-33(23-30)43-46-40(28-11-5-3-6-12-28)26-41(47-43)29-13-7-4-8-14-29/h3,5,7,9-11,13-20,23-24,26-27,37H,4,6,8,12,21-22,25H2,1-2H3. The summed E-state index contributed by atoms with van der Waals surface area (Å²) in [7, 11) is 0. The number of hydrogen-bond donors (Lipinski definition) is 0. The molecule has 1 unspecified atom stereocenters. The molecule has 1 aromatic heterocycles. The molecule has 230 valence electrons. The quantitative estimate of drug-likeness (QED) is 0.231. The molecule has 3 nitrogen and oxygen atoms in total. The molecule has 0 N–H and O–H groups in total. The van der Waals surface area contributed by atoms with E-state index < -0.39 is 0 Å². The van der Waals surface area contributed by atoms with Crippen LogP contribution in [0.1, 0.15) is 79.9 Å². The van der Waals surface area contributed by atoms with Crippen LogP contribution in [0.25, 0.3) is 44.8 Å². The number of allylic oxidation sites excluding steroid dienone is 9.